The quantitative estimate of drug-likeness (QED) is 0.636. The number of ether oxygens (including phenoxy) is 1. The molecule has 0 fully saturated rings. The average Bonchev–Trinajstić information content (AvgIpc) is 2.44. The SMILES string of the molecule is CNCCCCS(=O)(=O)NCCc1cccc(OC)c1. The Bertz CT molecular complexity index is 489. The fourth-order valence-corrected chi connectivity index (χ4v) is 2.99. The summed E-state index contributed by atoms with van der Waals surface area (Å²) in [5, 5.41) is 3.00. The number of rotatable bonds is 10. The molecule has 0 unspecified atom stereocenters. The summed E-state index contributed by atoms with van der Waals surface area (Å²) in [6, 6.07) is 7.65. The third-order valence-electron chi connectivity index (χ3n) is 2.96. The number of unbranched alkanes of at least 4 members (excludes halogenated alkanes) is 1. The molecule has 1 aromatic rings. The minimum absolute atomic E-state index is 0.187. The van der Waals surface area contributed by atoms with Crippen LogP contribution in [0.1, 0.15) is 18.4 Å². The van der Waals surface area contributed by atoms with Crippen LogP contribution < -0.4 is 14.8 Å². The lowest BCUT2D eigenvalue weighted by Crippen LogP contribution is -2.28. The van der Waals surface area contributed by atoms with Gasteiger partial charge in [-0.1, -0.05) is 12.1 Å². The van der Waals surface area contributed by atoms with Crippen LogP contribution in [-0.2, 0) is 16.4 Å². The van der Waals surface area contributed by atoms with Crippen molar-refractivity contribution in [1.29, 1.82) is 0 Å². The third kappa shape index (κ3) is 6.88. The Hall–Kier alpha value is -1.11. The summed E-state index contributed by atoms with van der Waals surface area (Å²) in [5.41, 5.74) is 1.06. The second-order valence-corrected chi connectivity index (χ2v) is 6.55. The van der Waals surface area contributed by atoms with Crippen LogP contribution in [0.4, 0.5) is 0 Å². The number of sulfonamides is 1. The summed E-state index contributed by atoms with van der Waals surface area (Å²) in [4.78, 5) is 0. The van der Waals surface area contributed by atoms with Gasteiger partial charge in [0.25, 0.3) is 0 Å². The standard InChI is InChI=1S/C14H24N2O3S/c1-15-9-3-4-11-20(17,18)16-10-8-13-6-5-7-14(12-13)19-2/h5-7,12,15-16H,3-4,8-11H2,1-2H3. The van der Waals surface area contributed by atoms with Crippen LogP contribution in [0, 0.1) is 0 Å². The highest BCUT2D eigenvalue weighted by molar-refractivity contribution is 7.89. The van der Waals surface area contributed by atoms with Crippen molar-refractivity contribution in [2.24, 2.45) is 0 Å². The van der Waals surface area contributed by atoms with E-state index in [0.717, 1.165) is 24.3 Å². The molecular formula is C14H24N2O3S. The number of nitrogens with one attached hydrogen (secondary N) is 2. The smallest absolute Gasteiger partial charge is 0.211 e. The van der Waals surface area contributed by atoms with Gasteiger partial charge in [0.15, 0.2) is 0 Å². The molecule has 0 radical (unpaired) electrons. The van der Waals surface area contributed by atoms with Crippen molar-refractivity contribution < 1.29 is 13.2 Å². The molecule has 0 spiro atoms. The Morgan fingerprint density at radius 3 is 2.70 bits per heavy atom. The summed E-state index contributed by atoms with van der Waals surface area (Å²) in [7, 11) is 0.323. The van der Waals surface area contributed by atoms with Gasteiger partial charge in [0.2, 0.25) is 10.0 Å². The molecule has 1 aromatic carbocycles. The van der Waals surface area contributed by atoms with E-state index in [4.69, 9.17) is 4.74 Å². The normalized spacial score (nSPS) is 11.5. The van der Waals surface area contributed by atoms with Gasteiger partial charge in [-0.05, 0) is 50.6 Å². The van der Waals surface area contributed by atoms with E-state index in [1.54, 1.807) is 7.11 Å². The molecule has 114 valence electrons. The van der Waals surface area contributed by atoms with E-state index in [2.05, 4.69) is 10.0 Å². The van der Waals surface area contributed by atoms with Crippen molar-refractivity contribution in [3.05, 3.63) is 29.8 Å². The second-order valence-electron chi connectivity index (χ2n) is 4.63. The Labute approximate surface area is 121 Å². The van der Waals surface area contributed by atoms with E-state index in [9.17, 15) is 8.42 Å². The number of benzene rings is 1. The second kappa shape index (κ2) is 8.94. The van der Waals surface area contributed by atoms with E-state index >= 15 is 0 Å². The van der Waals surface area contributed by atoms with Crippen LogP contribution in [0.3, 0.4) is 0 Å². The van der Waals surface area contributed by atoms with Crippen molar-refractivity contribution in [1.82, 2.24) is 10.0 Å². The summed E-state index contributed by atoms with van der Waals surface area (Å²) in [6.45, 7) is 1.26. The first kappa shape index (κ1) is 16.9. The van der Waals surface area contributed by atoms with E-state index < -0.39 is 10.0 Å². The molecule has 0 atom stereocenters. The Kier molecular flexibility index (Phi) is 7.58. The molecule has 6 heteroatoms. The van der Waals surface area contributed by atoms with Crippen molar-refractivity contribution in [2.75, 3.05) is 33.0 Å². The monoisotopic (exact) mass is 300 g/mol. The van der Waals surface area contributed by atoms with Gasteiger partial charge in [0.1, 0.15) is 5.75 Å². The van der Waals surface area contributed by atoms with Crippen LogP contribution in [0.15, 0.2) is 24.3 Å². The predicted molar refractivity (Wildman–Crippen MR) is 81.6 cm³/mol. The first-order valence-electron chi connectivity index (χ1n) is 6.82. The molecule has 0 heterocycles. The van der Waals surface area contributed by atoms with Gasteiger partial charge in [0.05, 0.1) is 12.9 Å². The number of hydrogen-bond acceptors (Lipinski definition) is 4. The van der Waals surface area contributed by atoms with E-state index in [-0.39, 0.29) is 5.75 Å². The summed E-state index contributed by atoms with van der Waals surface area (Å²) in [6.07, 6.45) is 2.20. The highest BCUT2D eigenvalue weighted by Crippen LogP contribution is 2.12. The average molecular weight is 300 g/mol. The van der Waals surface area contributed by atoms with Crippen LogP contribution in [0.25, 0.3) is 0 Å². The van der Waals surface area contributed by atoms with Crippen LogP contribution in [0.5, 0.6) is 5.75 Å². The maximum Gasteiger partial charge on any atom is 0.211 e. The Morgan fingerprint density at radius 1 is 1.20 bits per heavy atom. The molecule has 5 nitrogen and oxygen atoms in total. The molecular weight excluding hydrogens is 276 g/mol. The van der Waals surface area contributed by atoms with Gasteiger partial charge >= 0.3 is 0 Å². The van der Waals surface area contributed by atoms with E-state index in [0.29, 0.717) is 19.4 Å². The summed E-state index contributed by atoms with van der Waals surface area (Å²) in [5.74, 6) is 0.977. The van der Waals surface area contributed by atoms with Gasteiger partial charge < -0.3 is 10.1 Å². The minimum atomic E-state index is -3.16. The molecule has 0 aromatic heterocycles. The van der Waals surface area contributed by atoms with Crippen LogP contribution >= 0.6 is 0 Å². The molecule has 0 saturated heterocycles. The molecule has 2 N–H and O–H groups in total. The molecule has 0 aliphatic heterocycles. The van der Waals surface area contributed by atoms with Gasteiger partial charge in [-0.15, -0.1) is 0 Å². The van der Waals surface area contributed by atoms with E-state index in [1.807, 2.05) is 31.3 Å². The zero-order chi connectivity index (χ0) is 14.8. The van der Waals surface area contributed by atoms with Crippen molar-refractivity contribution in [3.8, 4) is 5.75 Å². The first-order chi connectivity index (χ1) is 9.57. The van der Waals surface area contributed by atoms with Gasteiger partial charge in [-0.2, -0.15) is 0 Å². The largest absolute Gasteiger partial charge is 0.497 e. The molecule has 0 bridgehead atoms. The lowest BCUT2D eigenvalue weighted by atomic mass is 10.1. The topological polar surface area (TPSA) is 67.4 Å². The number of hydrogen-bond donors (Lipinski definition) is 2. The zero-order valence-electron chi connectivity index (χ0n) is 12.2. The Balaban J connectivity index is 2.31. The minimum Gasteiger partial charge on any atom is -0.497 e. The van der Waals surface area contributed by atoms with Crippen molar-refractivity contribution >= 4 is 10.0 Å². The summed E-state index contributed by atoms with van der Waals surface area (Å²) >= 11 is 0. The van der Waals surface area contributed by atoms with Crippen molar-refractivity contribution in [3.63, 3.8) is 0 Å². The molecule has 0 aliphatic carbocycles. The maximum atomic E-state index is 11.8. The Morgan fingerprint density at radius 2 is 2.00 bits per heavy atom. The van der Waals surface area contributed by atoms with Gasteiger partial charge in [-0.3, -0.25) is 0 Å². The molecule has 0 saturated carbocycles. The van der Waals surface area contributed by atoms with E-state index in [1.165, 1.54) is 0 Å². The molecule has 0 amide bonds. The fraction of sp³-hybridized carbons (Fsp3) is 0.571. The summed E-state index contributed by atoms with van der Waals surface area (Å²) < 4.78 is 31.3. The zero-order valence-corrected chi connectivity index (χ0v) is 13.0. The van der Waals surface area contributed by atoms with Crippen LogP contribution in [0.2, 0.25) is 0 Å². The number of methoxy groups -OCH3 is 1. The van der Waals surface area contributed by atoms with Crippen molar-refractivity contribution in [2.45, 2.75) is 19.3 Å². The lowest BCUT2D eigenvalue weighted by Gasteiger charge is -2.07. The predicted octanol–water partition coefficient (Wildman–Crippen LogP) is 1.16. The molecule has 1 rings (SSSR count). The molecule has 0 aliphatic rings. The first-order valence-corrected chi connectivity index (χ1v) is 8.47. The highest BCUT2D eigenvalue weighted by Gasteiger charge is 2.08. The van der Waals surface area contributed by atoms with Gasteiger partial charge in [-0.25, -0.2) is 13.1 Å². The maximum absolute atomic E-state index is 11.8. The third-order valence-corrected chi connectivity index (χ3v) is 4.43. The fourth-order valence-electron chi connectivity index (χ4n) is 1.84. The van der Waals surface area contributed by atoms with Gasteiger partial charge in [0, 0.05) is 6.54 Å². The highest BCUT2D eigenvalue weighted by atomic mass is 32.2. The molecule has 20 heavy (non-hydrogen) atoms. The van der Waals surface area contributed by atoms with Crippen LogP contribution in [-0.4, -0.2) is 41.4 Å². The lowest BCUT2D eigenvalue weighted by molar-refractivity contribution is 0.414.